The van der Waals surface area contributed by atoms with Gasteiger partial charge in [0.05, 0.1) is 0 Å². The summed E-state index contributed by atoms with van der Waals surface area (Å²) in [4.78, 5) is 10.8. The molecule has 1 rings (SSSR count). The Morgan fingerprint density at radius 2 is 2.08 bits per heavy atom. The number of nitrogens with one attached hydrogen (secondary N) is 1. The first-order valence-corrected chi connectivity index (χ1v) is 4.25. The lowest BCUT2D eigenvalue weighted by atomic mass is 10.1. The number of rotatable bonds is 3. The molecule has 0 saturated carbocycles. The molecular weight excluding hydrogens is 162 g/mol. The van der Waals surface area contributed by atoms with Gasteiger partial charge in [-0.3, -0.25) is 4.79 Å². The van der Waals surface area contributed by atoms with Gasteiger partial charge in [-0.15, -0.1) is 0 Å². The molecule has 0 radical (unpaired) electrons. The van der Waals surface area contributed by atoms with Crippen LogP contribution in [0.4, 0.5) is 0 Å². The standard InChI is InChI=1S/C11H13NO/c1-12-11(13)9-5-8-10-6-3-2-4-7-10/h2-7,9H,8H2,1H3,(H,12,13). The van der Waals surface area contributed by atoms with E-state index in [4.69, 9.17) is 0 Å². The maximum Gasteiger partial charge on any atom is 0.243 e. The molecule has 0 aliphatic carbocycles. The van der Waals surface area contributed by atoms with E-state index in [9.17, 15) is 4.79 Å². The maximum atomic E-state index is 10.8. The summed E-state index contributed by atoms with van der Waals surface area (Å²) < 4.78 is 0. The summed E-state index contributed by atoms with van der Waals surface area (Å²) in [7, 11) is 1.62. The SMILES string of the molecule is CNC(=O)C=CCc1ccccc1. The van der Waals surface area contributed by atoms with Crippen LogP contribution in [0.5, 0.6) is 0 Å². The third-order valence-electron chi connectivity index (χ3n) is 1.71. The Kier molecular flexibility index (Phi) is 3.76. The van der Waals surface area contributed by atoms with Crippen LogP contribution >= 0.6 is 0 Å². The van der Waals surface area contributed by atoms with Crippen LogP contribution in [0.15, 0.2) is 42.5 Å². The zero-order valence-corrected chi connectivity index (χ0v) is 7.66. The molecule has 0 aromatic heterocycles. The molecule has 0 atom stereocenters. The second-order valence-corrected chi connectivity index (χ2v) is 2.71. The van der Waals surface area contributed by atoms with Crippen molar-refractivity contribution in [3.63, 3.8) is 0 Å². The summed E-state index contributed by atoms with van der Waals surface area (Å²) in [5.41, 5.74) is 1.21. The number of benzene rings is 1. The van der Waals surface area contributed by atoms with E-state index in [-0.39, 0.29) is 5.91 Å². The molecule has 0 unspecified atom stereocenters. The summed E-state index contributed by atoms with van der Waals surface area (Å²) in [5, 5.41) is 2.53. The van der Waals surface area contributed by atoms with E-state index in [0.717, 1.165) is 6.42 Å². The highest BCUT2D eigenvalue weighted by molar-refractivity contribution is 5.87. The van der Waals surface area contributed by atoms with Gasteiger partial charge in [-0.25, -0.2) is 0 Å². The van der Waals surface area contributed by atoms with E-state index >= 15 is 0 Å². The molecule has 0 bridgehead atoms. The minimum Gasteiger partial charge on any atom is -0.356 e. The fraction of sp³-hybridized carbons (Fsp3) is 0.182. The quantitative estimate of drug-likeness (QED) is 0.693. The second-order valence-electron chi connectivity index (χ2n) is 2.71. The van der Waals surface area contributed by atoms with Crippen LogP contribution in [-0.2, 0) is 11.2 Å². The van der Waals surface area contributed by atoms with Crippen molar-refractivity contribution in [2.45, 2.75) is 6.42 Å². The largest absolute Gasteiger partial charge is 0.356 e. The number of amides is 1. The molecule has 0 aliphatic rings. The third kappa shape index (κ3) is 3.56. The van der Waals surface area contributed by atoms with Gasteiger partial charge in [-0.2, -0.15) is 0 Å². The highest BCUT2D eigenvalue weighted by atomic mass is 16.1. The first-order valence-electron chi connectivity index (χ1n) is 4.25. The van der Waals surface area contributed by atoms with Gasteiger partial charge in [0, 0.05) is 7.05 Å². The molecule has 1 aromatic rings. The Labute approximate surface area is 78.3 Å². The topological polar surface area (TPSA) is 29.1 Å². The monoisotopic (exact) mass is 175 g/mol. The fourth-order valence-electron chi connectivity index (χ4n) is 0.999. The highest BCUT2D eigenvalue weighted by Crippen LogP contribution is 1.99. The molecule has 0 spiro atoms. The van der Waals surface area contributed by atoms with Gasteiger partial charge in [-0.1, -0.05) is 36.4 Å². The van der Waals surface area contributed by atoms with Gasteiger partial charge < -0.3 is 5.32 Å². The Morgan fingerprint density at radius 3 is 2.69 bits per heavy atom. The van der Waals surface area contributed by atoms with Crippen molar-refractivity contribution in [2.24, 2.45) is 0 Å². The number of hydrogen-bond acceptors (Lipinski definition) is 1. The van der Waals surface area contributed by atoms with E-state index in [1.165, 1.54) is 5.56 Å². The Morgan fingerprint density at radius 1 is 1.38 bits per heavy atom. The van der Waals surface area contributed by atoms with Gasteiger partial charge in [0.2, 0.25) is 5.91 Å². The lowest BCUT2D eigenvalue weighted by Crippen LogP contribution is -2.14. The van der Waals surface area contributed by atoms with Crippen molar-refractivity contribution in [1.82, 2.24) is 5.32 Å². The average molecular weight is 175 g/mol. The predicted molar refractivity (Wildman–Crippen MR) is 53.4 cm³/mol. The van der Waals surface area contributed by atoms with Gasteiger partial charge in [0.25, 0.3) is 0 Å². The lowest BCUT2D eigenvalue weighted by molar-refractivity contribution is -0.116. The van der Waals surface area contributed by atoms with Gasteiger partial charge in [0.15, 0.2) is 0 Å². The Bertz CT molecular complexity index is 290. The number of carbonyl (C=O) groups is 1. The van der Waals surface area contributed by atoms with Crippen LogP contribution in [0, 0.1) is 0 Å². The first kappa shape index (κ1) is 9.52. The number of hydrogen-bond donors (Lipinski definition) is 1. The molecule has 1 aromatic carbocycles. The van der Waals surface area contributed by atoms with E-state index in [0.29, 0.717) is 0 Å². The van der Waals surface area contributed by atoms with Crippen molar-refractivity contribution in [1.29, 1.82) is 0 Å². The molecule has 0 aliphatic heterocycles. The molecular formula is C11H13NO. The highest BCUT2D eigenvalue weighted by Gasteiger charge is 1.88. The van der Waals surface area contributed by atoms with Crippen LogP contribution in [0.3, 0.4) is 0 Å². The summed E-state index contributed by atoms with van der Waals surface area (Å²) >= 11 is 0. The summed E-state index contributed by atoms with van der Waals surface area (Å²) in [6, 6.07) is 10.0. The molecule has 1 amide bonds. The molecule has 0 saturated heterocycles. The van der Waals surface area contributed by atoms with Gasteiger partial charge in [0.1, 0.15) is 0 Å². The zero-order chi connectivity index (χ0) is 9.52. The van der Waals surface area contributed by atoms with Crippen molar-refractivity contribution in [3.8, 4) is 0 Å². The molecule has 2 heteroatoms. The zero-order valence-electron chi connectivity index (χ0n) is 7.66. The van der Waals surface area contributed by atoms with Crippen molar-refractivity contribution < 1.29 is 4.79 Å². The van der Waals surface area contributed by atoms with Crippen molar-refractivity contribution in [2.75, 3.05) is 7.05 Å². The summed E-state index contributed by atoms with van der Waals surface area (Å²) in [5.74, 6) is -0.0593. The molecule has 0 heterocycles. The normalized spacial score (nSPS) is 10.2. The van der Waals surface area contributed by atoms with Gasteiger partial charge in [-0.05, 0) is 18.1 Å². The van der Waals surface area contributed by atoms with Crippen molar-refractivity contribution >= 4 is 5.91 Å². The van der Waals surface area contributed by atoms with E-state index in [1.54, 1.807) is 13.1 Å². The molecule has 1 N–H and O–H groups in total. The van der Waals surface area contributed by atoms with Crippen LogP contribution in [0.25, 0.3) is 0 Å². The number of allylic oxidation sites excluding steroid dienone is 1. The van der Waals surface area contributed by atoms with Crippen LogP contribution in [0.1, 0.15) is 5.56 Å². The predicted octanol–water partition coefficient (Wildman–Crippen LogP) is 1.53. The number of likely N-dealkylation sites (N-methyl/N-ethyl adjacent to an activating group) is 1. The second kappa shape index (κ2) is 5.14. The molecule has 68 valence electrons. The molecule has 13 heavy (non-hydrogen) atoms. The minimum absolute atomic E-state index is 0.0593. The molecule has 0 fully saturated rings. The number of carbonyl (C=O) groups excluding carboxylic acids is 1. The van der Waals surface area contributed by atoms with E-state index in [2.05, 4.69) is 5.32 Å². The lowest BCUT2D eigenvalue weighted by Gasteiger charge is -1.93. The third-order valence-corrected chi connectivity index (χ3v) is 1.71. The van der Waals surface area contributed by atoms with Crippen LogP contribution in [-0.4, -0.2) is 13.0 Å². The Balaban J connectivity index is 2.44. The smallest absolute Gasteiger partial charge is 0.243 e. The first-order chi connectivity index (χ1) is 6.33. The average Bonchev–Trinajstić information content (AvgIpc) is 2.19. The van der Waals surface area contributed by atoms with E-state index in [1.807, 2.05) is 36.4 Å². The molecule has 2 nitrogen and oxygen atoms in total. The van der Waals surface area contributed by atoms with Crippen LogP contribution in [0.2, 0.25) is 0 Å². The summed E-state index contributed by atoms with van der Waals surface area (Å²) in [6.07, 6.45) is 4.20. The van der Waals surface area contributed by atoms with Gasteiger partial charge >= 0.3 is 0 Å². The minimum atomic E-state index is -0.0593. The summed E-state index contributed by atoms with van der Waals surface area (Å²) in [6.45, 7) is 0. The van der Waals surface area contributed by atoms with E-state index < -0.39 is 0 Å². The van der Waals surface area contributed by atoms with Crippen molar-refractivity contribution in [3.05, 3.63) is 48.0 Å². The van der Waals surface area contributed by atoms with Crippen LogP contribution < -0.4 is 5.32 Å². The maximum absolute atomic E-state index is 10.8. The Hall–Kier alpha value is -1.57. The fourth-order valence-corrected chi connectivity index (χ4v) is 0.999.